The SMILES string of the molecule is O=c1[nH]c2c(o1)=CCCC=2. The van der Waals surface area contributed by atoms with E-state index in [2.05, 4.69) is 4.98 Å². The molecule has 0 aliphatic heterocycles. The Morgan fingerprint density at radius 3 is 3.00 bits per heavy atom. The van der Waals surface area contributed by atoms with Gasteiger partial charge in [0, 0.05) is 0 Å². The van der Waals surface area contributed by atoms with E-state index >= 15 is 0 Å². The summed E-state index contributed by atoms with van der Waals surface area (Å²) in [6.45, 7) is 0. The first-order valence-corrected chi connectivity index (χ1v) is 3.26. The van der Waals surface area contributed by atoms with E-state index in [-0.39, 0.29) is 5.76 Å². The molecular weight excluding hydrogens is 130 g/mol. The fourth-order valence-electron chi connectivity index (χ4n) is 1.10. The van der Waals surface area contributed by atoms with Gasteiger partial charge in [-0.25, -0.2) is 4.79 Å². The quantitative estimate of drug-likeness (QED) is 0.515. The predicted octanol–water partition coefficient (Wildman–Crippen LogP) is -0.677. The summed E-state index contributed by atoms with van der Waals surface area (Å²) in [6, 6.07) is 0. The predicted molar refractivity (Wildman–Crippen MR) is 36.7 cm³/mol. The van der Waals surface area contributed by atoms with E-state index in [4.69, 9.17) is 4.42 Å². The van der Waals surface area contributed by atoms with Gasteiger partial charge in [0.1, 0.15) is 0 Å². The number of oxazole rings is 1. The van der Waals surface area contributed by atoms with E-state index in [9.17, 15) is 4.79 Å². The van der Waals surface area contributed by atoms with E-state index in [1.165, 1.54) is 0 Å². The molecule has 2 rings (SSSR count). The molecule has 0 saturated carbocycles. The molecular formula is C7H7NO2. The van der Waals surface area contributed by atoms with E-state index < -0.39 is 0 Å². The van der Waals surface area contributed by atoms with Crippen molar-refractivity contribution in [3.05, 3.63) is 21.3 Å². The number of nitrogens with one attached hydrogen (secondary N) is 1. The Labute approximate surface area is 56.7 Å². The Bertz CT molecular complexity index is 359. The van der Waals surface area contributed by atoms with Crippen molar-refractivity contribution in [3.63, 3.8) is 0 Å². The minimum atomic E-state index is -0.362. The van der Waals surface area contributed by atoms with E-state index in [0.29, 0.717) is 5.42 Å². The number of hydrogen-bond donors (Lipinski definition) is 1. The van der Waals surface area contributed by atoms with Crippen molar-refractivity contribution in [2.24, 2.45) is 0 Å². The molecule has 0 amide bonds. The second-order valence-corrected chi connectivity index (χ2v) is 2.28. The van der Waals surface area contributed by atoms with Crippen LogP contribution in [0.25, 0.3) is 12.2 Å². The highest BCUT2D eigenvalue weighted by Crippen LogP contribution is 1.92. The van der Waals surface area contributed by atoms with Crippen LogP contribution < -0.4 is 16.5 Å². The molecule has 0 radical (unpaired) electrons. The topological polar surface area (TPSA) is 46.0 Å². The summed E-state index contributed by atoms with van der Waals surface area (Å²) in [5.74, 6) is -0.362. The molecule has 0 unspecified atom stereocenters. The van der Waals surface area contributed by atoms with Gasteiger partial charge in [-0.2, -0.15) is 0 Å². The van der Waals surface area contributed by atoms with Gasteiger partial charge >= 0.3 is 5.76 Å². The summed E-state index contributed by atoms with van der Waals surface area (Å²) >= 11 is 0. The molecule has 3 heteroatoms. The van der Waals surface area contributed by atoms with E-state index in [1.54, 1.807) is 0 Å². The molecule has 0 saturated heterocycles. The number of hydrogen-bond acceptors (Lipinski definition) is 2. The lowest BCUT2D eigenvalue weighted by Gasteiger charge is -1.88. The van der Waals surface area contributed by atoms with Gasteiger partial charge in [-0.15, -0.1) is 0 Å². The summed E-state index contributed by atoms with van der Waals surface area (Å²) in [5, 5.41) is 0.830. The van der Waals surface area contributed by atoms with Gasteiger partial charge in [-0.1, -0.05) is 6.08 Å². The monoisotopic (exact) mass is 137 g/mol. The van der Waals surface area contributed by atoms with E-state index in [1.807, 2.05) is 12.2 Å². The third-order valence-corrected chi connectivity index (χ3v) is 1.55. The summed E-state index contributed by atoms with van der Waals surface area (Å²) in [4.78, 5) is 13.2. The Kier molecular flexibility index (Phi) is 1.03. The van der Waals surface area contributed by atoms with Gasteiger partial charge < -0.3 is 4.42 Å². The smallest absolute Gasteiger partial charge is 0.408 e. The molecule has 1 aromatic heterocycles. The Morgan fingerprint density at radius 1 is 1.40 bits per heavy atom. The fourth-order valence-corrected chi connectivity index (χ4v) is 1.10. The van der Waals surface area contributed by atoms with Gasteiger partial charge in [-0.3, -0.25) is 4.98 Å². The van der Waals surface area contributed by atoms with Crippen molar-refractivity contribution in [2.75, 3.05) is 0 Å². The molecule has 1 N–H and O–H groups in total. The van der Waals surface area contributed by atoms with Gasteiger partial charge in [-0.05, 0) is 18.9 Å². The molecule has 52 valence electrons. The molecule has 1 aliphatic rings. The number of fused-ring (bicyclic) bond motifs is 1. The minimum absolute atomic E-state index is 0.362. The molecule has 0 atom stereocenters. The first-order valence-electron chi connectivity index (χ1n) is 3.26. The first-order chi connectivity index (χ1) is 4.86. The molecule has 1 aromatic rings. The zero-order valence-electron chi connectivity index (χ0n) is 5.39. The maximum absolute atomic E-state index is 10.6. The van der Waals surface area contributed by atoms with Gasteiger partial charge in [0.05, 0.1) is 5.35 Å². The second-order valence-electron chi connectivity index (χ2n) is 2.28. The lowest BCUT2D eigenvalue weighted by atomic mass is 10.2. The Morgan fingerprint density at radius 2 is 2.20 bits per heavy atom. The maximum Gasteiger partial charge on any atom is 0.417 e. The second kappa shape index (κ2) is 1.87. The molecule has 0 fully saturated rings. The summed E-state index contributed by atoms with van der Waals surface area (Å²) < 4.78 is 4.81. The molecule has 1 heterocycles. The van der Waals surface area contributed by atoms with Crippen LogP contribution >= 0.6 is 0 Å². The van der Waals surface area contributed by atoms with Crippen molar-refractivity contribution in [3.8, 4) is 0 Å². The van der Waals surface area contributed by atoms with Crippen LogP contribution in [0.3, 0.4) is 0 Å². The third kappa shape index (κ3) is 0.708. The molecule has 0 spiro atoms. The molecule has 0 bridgehead atoms. The van der Waals surface area contributed by atoms with Crippen LogP contribution in [0.1, 0.15) is 12.8 Å². The number of aromatic nitrogens is 1. The van der Waals surface area contributed by atoms with E-state index in [0.717, 1.165) is 18.2 Å². The maximum atomic E-state index is 10.6. The van der Waals surface area contributed by atoms with Gasteiger partial charge in [0.2, 0.25) is 0 Å². The van der Waals surface area contributed by atoms with Crippen LogP contribution in [-0.4, -0.2) is 4.98 Å². The zero-order valence-corrected chi connectivity index (χ0v) is 5.39. The lowest BCUT2D eigenvalue weighted by molar-refractivity contribution is 0.484. The Hall–Kier alpha value is -1.25. The Balaban J connectivity index is 2.96. The number of aromatic amines is 1. The highest BCUT2D eigenvalue weighted by Gasteiger charge is 1.96. The summed E-state index contributed by atoms with van der Waals surface area (Å²) in [7, 11) is 0. The highest BCUT2D eigenvalue weighted by molar-refractivity contribution is 5.31. The highest BCUT2D eigenvalue weighted by atomic mass is 16.4. The van der Waals surface area contributed by atoms with Crippen LogP contribution in [0.5, 0.6) is 0 Å². The van der Waals surface area contributed by atoms with Crippen molar-refractivity contribution in [1.29, 1.82) is 0 Å². The first kappa shape index (κ1) is 5.53. The van der Waals surface area contributed by atoms with Crippen molar-refractivity contribution in [2.45, 2.75) is 12.8 Å². The zero-order chi connectivity index (χ0) is 6.97. The lowest BCUT2D eigenvalue weighted by Crippen LogP contribution is -2.24. The summed E-state index contributed by atoms with van der Waals surface area (Å²) in [5.41, 5.74) is 0.691. The normalized spacial score (nSPS) is 15.2. The number of rotatable bonds is 0. The van der Waals surface area contributed by atoms with Gasteiger partial charge in [0.25, 0.3) is 0 Å². The summed E-state index contributed by atoms with van der Waals surface area (Å²) in [6.07, 6.45) is 5.85. The average Bonchev–Trinajstić information content (AvgIpc) is 2.27. The van der Waals surface area contributed by atoms with Crippen molar-refractivity contribution in [1.82, 2.24) is 4.98 Å². The third-order valence-electron chi connectivity index (χ3n) is 1.55. The van der Waals surface area contributed by atoms with Crippen LogP contribution in [-0.2, 0) is 0 Å². The molecule has 3 nitrogen and oxygen atoms in total. The largest absolute Gasteiger partial charge is 0.417 e. The fraction of sp³-hybridized carbons (Fsp3) is 0.286. The van der Waals surface area contributed by atoms with Gasteiger partial charge in [0.15, 0.2) is 5.42 Å². The number of H-pyrrole nitrogens is 1. The van der Waals surface area contributed by atoms with Crippen molar-refractivity contribution >= 4 is 12.2 Å². The molecule has 10 heavy (non-hydrogen) atoms. The van der Waals surface area contributed by atoms with Crippen LogP contribution in [0, 0.1) is 0 Å². The van der Waals surface area contributed by atoms with Crippen LogP contribution in [0.2, 0.25) is 0 Å². The van der Waals surface area contributed by atoms with Crippen LogP contribution in [0.15, 0.2) is 9.21 Å². The molecule has 1 aliphatic carbocycles. The van der Waals surface area contributed by atoms with Crippen LogP contribution in [0.4, 0.5) is 0 Å². The van der Waals surface area contributed by atoms with Crippen molar-refractivity contribution < 1.29 is 4.42 Å². The average molecular weight is 137 g/mol. The standard InChI is InChI=1S/C7H7NO2/c9-7-8-5-3-1-2-4-6(5)10-7/h3-4H,1-2H2,(H,8,9). The molecule has 0 aromatic carbocycles. The minimum Gasteiger partial charge on any atom is -0.408 e.